The zero-order chi connectivity index (χ0) is 11.9. The molecule has 5 nitrogen and oxygen atoms in total. The number of hydrogen-bond acceptors (Lipinski definition) is 4. The lowest BCUT2D eigenvalue weighted by atomic mass is 10.2. The number of hydrogen-bond donors (Lipinski definition) is 2. The molecule has 3 N–H and O–H groups in total. The van der Waals surface area contributed by atoms with Gasteiger partial charge in [0.05, 0.1) is 19.3 Å². The number of rotatable bonds is 5. The normalized spacial score (nSPS) is 13.4. The molecule has 0 rings (SSSR count). The Morgan fingerprint density at radius 1 is 1.47 bits per heavy atom. The number of carbonyl (C=O) groups excluding carboxylic acids is 1. The Hall–Kier alpha value is -0.810. The molecule has 15 heavy (non-hydrogen) atoms. The molecule has 0 aromatic heterocycles. The topological polar surface area (TPSA) is 73.6 Å². The van der Waals surface area contributed by atoms with Gasteiger partial charge in [0.2, 0.25) is 0 Å². The van der Waals surface area contributed by atoms with Crippen LogP contribution in [-0.2, 0) is 9.47 Å². The Kier molecular flexibility index (Phi) is 6.27. The SMILES string of the molecule is C[C@H](COCCN)NC(=O)OC(C)(C)C. The second-order valence-electron chi connectivity index (χ2n) is 4.41. The van der Waals surface area contributed by atoms with E-state index in [0.29, 0.717) is 19.8 Å². The molecule has 0 aromatic carbocycles. The molecule has 0 spiro atoms. The molecule has 0 fully saturated rings. The molecule has 0 bridgehead atoms. The van der Waals surface area contributed by atoms with Gasteiger partial charge in [-0.05, 0) is 27.7 Å². The predicted molar refractivity (Wildman–Crippen MR) is 58.7 cm³/mol. The number of ether oxygens (including phenoxy) is 2. The van der Waals surface area contributed by atoms with Crippen molar-refractivity contribution in [3.8, 4) is 0 Å². The molecule has 0 aliphatic heterocycles. The van der Waals surface area contributed by atoms with E-state index in [-0.39, 0.29) is 6.04 Å². The van der Waals surface area contributed by atoms with Gasteiger partial charge < -0.3 is 20.5 Å². The molecule has 5 heteroatoms. The molecule has 0 heterocycles. The lowest BCUT2D eigenvalue weighted by Crippen LogP contribution is -2.40. The maximum Gasteiger partial charge on any atom is 0.407 e. The van der Waals surface area contributed by atoms with Crippen molar-refractivity contribution in [3.05, 3.63) is 0 Å². The van der Waals surface area contributed by atoms with E-state index >= 15 is 0 Å². The first-order valence-corrected chi connectivity index (χ1v) is 5.12. The number of nitrogens with one attached hydrogen (secondary N) is 1. The molecular weight excluding hydrogens is 196 g/mol. The highest BCUT2D eigenvalue weighted by molar-refractivity contribution is 5.68. The standard InChI is InChI=1S/C10H22N2O3/c1-8(7-14-6-5-11)12-9(13)15-10(2,3)4/h8H,5-7,11H2,1-4H3,(H,12,13)/t8-/m1/s1. The first-order chi connectivity index (χ1) is 6.85. The molecule has 0 saturated heterocycles. The largest absolute Gasteiger partial charge is 0.444 e. The summed E-state index contributed by atoms with van der Waals surface area (Å²) in [6.45, 7) is 8.74. The fourth-order valence-electron chi connectivity index (χ4n) is 0.894. The Labute approximate surface area is 91.3 Å². The Morgan fingerprint density at radius 3 is 2.53 bits per heavy atom. The highest BCUT2D eigenvalue weighted by Gasteiger charge is 2.17. The summed E-state index contributed by atoms with van der Waals surface area (Å²) >= 11 is 0. The van der Waals surface area contributed by atoms with Gasteiger partial charge in [-0.3, -0.25) is 0 Å². The smallest absolute Gasteiger partial charge is 0.407 e. The quantitative estimate of drug-likeness (QED) is 0.672. The third-order valence-electron chi connectivity index (χ3n) is 1.39. The summed E-state index contributed by atoms with van der Waals surface area (Å²) in [5.41, 5.74) is 4.79. The number of nitrogens with two attached hydrogens (primary N) is 1. The van der Waals surface area contributed by atoms with E-state index in [1.165, 1.54) is 0 Å². The highest BCUT2D eigenvalue weighted by Crippen LogP contribution is 2.06. The van der Waals surface area contributed by atoms with Gasteiger partial charge in [0.25, 0.3) is 0 Å². The van der Waals surface area contributed by atoms with E-state index in [1.54, 1.807) is 0 Å². The monoisotopic (exact) mass is 218 g/mol. The fourth-order valence-corrected chi connectivity index (χ4v) is 0.894. The number of alkyl carbamates (subject to hydrolysis) is 1. The van der Waals surface area contributed by atoms with Gasteiger partial charge >= 0.3 is 6.09 Å². The van der Waals surface area contributed by atoms with Crippen molar-refractivity contribution in [1.29, 1.82) is 0 Å². The maximum atomic E-state index is 11.3. The van der Waals surface area contributed by atoms with Crippen LogP contribution in [0.25, 0.3) is 0 Å². The van der Waals surface area contributed by atoms with Gasteiger partial charge in [-0.25, -0.2) is 4.79 Å². The van der Waals surface area contributed by atoms with Crippen molar-refractivity contribution in [2.75, 3.05) is 19.8 Å². The Morgan fingerprint density at radius 2 is 2.07 bits per heavy atom. The summed E-state index contributed by atoms with van der Waals surface area (Å²) in [5.74, 6) is 0. The van der Waals surface area contributed by atoms with Crippen LogP contribution in [-0.4, -0.2) is 37.5 Å². The van der Waals surface area contributed by atoms with E-state index in [4.69, 9.17) is 15.2 Å². The van der Waals surface area contributed by atoms with E-state index in [2.05, 4.69) is 5.32 Å². The van der Waals surface area contributed by atoms with E-state index in [9.17, 15) is 4.79 Å². The Balaban J connectivity index is 3.67. The van der Waals surface area contributed by atoms with Crippen LogP contribution in [0.1, 0.15) is 27.7 Å². The fraction of sp³-hybridized carbons (Fsp3) is 0.900. The minimum Gasteiger partial charge on any atom is -0.444 e. The molecule has 0 saturated carbocycles. The first-order valence-electron chi connectivity index (χ1n) is 5.12. The van der Waals surface area contributed by atoms with Crippen molar-refractivity contribution in [2.45, 2.75) is 39.3 Å². The minimum absolute atomic E-state index is 0.0774. The summed E-state index contributed by atoms with van der Waals surface area (Å²) in [4.78, 5) is 11.3. The zero-order valence-electron chi connectivity index (χ0n) is 10.0. The van der Waals surface area contributed by atoms with Gasteiger partial charge in [-0.2, -0.15) is 0 Å². The van der Waals surface area contributed by atoms with Gasteiger partial charge in [-0.1, -0.05) is 0 Å². The van der Waals surface area contributed by atoms with Crippen molar-refractivity contribution >= 4 is 6.09 Å². The molecular formula is C10H22N2O3. The lowest BCUT2D eigenvalue weighted by molar-refractivity contribution is 0.0458. The van der Waals surface area contributed by atoms with E-state index in [0.717, 1.165) is 0 Å². The number of carbonyl (C=O) groups is 1. The van der Waals surface area contributed by atoms with Gasteiger partial charge in [-0.15, -0.1) is 0 Å². The molecule has 0 aromatic rings. The predicted octanol–water partition coefficient (Wildman–Crippen LogP) is 0.875. The van der Waals surface area contributed by atoms with Crippen LogP contribution in [0.5, 0.6) is 0 Å². The van der Waals surface area contributed by atoms with Crippen LogP contribution in [0.3, 0.4) is 0 Å². The average Bonchev–Trinajstić information content (AvgIpc) is 2.00. The van der Waals surface area contributed by atoms with Crippen molar-refractivity contribution in [1.82, 2.24) is 5.32 Å². The molecule has 0 aliphatic carbocycles. The van der Waals surface area contributed by atoms with Crippen molar-refractivity contribution in [2.24, 2.45) is 5.73 Å². The van der Waals surface area contributed by atoms with Crippen LogP contribution < -0.4 is 11.1 Å². The van der Waals surface area contributed by atoms with E-state index in [1.807, 2.05) is 27.7 Å². The van der Waals surface area contributed by atoms with Crippen LogP contribution in [0, 0.1) is 0 Å². The summed E-state index contributed by atoms with van der Waals surface area (Å²) in [7, 11) is 0. The summed E-state index contributed by atoms with van der Waals surface area (Å²) in [6.07, 6.45) is -0.425. The van der Waals surface area contributed by atoms with Crippen molar-refractivity contribution < 1.29 is 14.3 Å². The molecule has 90 valence electrons. The average molecular weight is 218 g/mol. The van der Waals surface area contributed by atoms with Gasteiger partial charge in [0.15, 0.2) is 0 Å². The van der Waals surface area contributed by atoms with Gasteiger partial charge in [0, 0.05) is 6.54 Å². The van der Waals surface area contributed by atoms with Crippen molar-refractivity contribution in [3.63, 3.8) is 0 Å². The second-order valence-corrected chi connectivity index (χ2v) is 4.41. The Bertz CT molecular complexity index is 190. The molecule has 1 atom stereocenters. The molecule has 1 amide bonds. The van der Waals surface area contributed by atoms with Gasteiger partial charge in [0.1, 0.15) is 5.60 Å². The zero-order valence-corrected chi connectivity index (χ0v) is 10.0. The second kappa shape index (κ2) is 6.63. The summed E-state index contributed by atoms with van der Waals surface area (Å²) in [6, 6.07) is -0.0774. The molecule has 0 unspecified atom stereocenters. The lowest BCUT2D eigenvalue weighted by Gasteiger charge is -2.21. The molecule has 0 aliphatic rings. The first kappa shape index (κ1) is 14.2. The van der Waals surface area contributed by atoms with Crippen LogP contribution in [0.4, 0.5) is 4.79 Å². The van der Waals surface area contributed by atoms with Crippen LogP contribution in [0.2, 0.25) is 0 Å². The third-order valence-corrected chi connectivity index (χ3v) is 1.39. The van der Waals surface area contributed by atoms with E-state index < -0.39 is 11.7 Å². The molecule has 0 radical (unpaired) electrons. The summed E-state index contributed by atoms with van der Waals surface area (Å²) < 4.78 is 10.3. The third kappa shape index (κ3) is 9.49. The van der Waals surface area contributed by atoms with Crippen LogP contribution >= 0.6 is 0 Å². The number of amides is 1. The minimum atomic E-state index is -0.470. The maximum absolute atomic E-state index is 11.3. The highest BCUT2D eigenvalue weighted by atomic mass is 16.6. The summed E-state index contributed by atoms with van der Waals surface area (Å²) in [5, 5.41) is 2.67. The van der Waals surface area contributed by atoms with Crippen LogP contribution in [0.15, 0.2) is 0 Å².